The molecule has 2 aromatic rings. The van der Waals surface area contributed by atoms with Crippen LogP contribution in [0.4, 0.5) is 0 Å². The summed E-state index contributed by atoms with van der Waals surface area (Å²) < 4.78 is 5.45. The van der Waals surface area contributed by atoms with Gasteiger partial charge >= 0.3 is 5.97 Å². The van der Waals surface area contributed by atoms with Crippen LogP contribution in [0.2, 0.25) is 0 Å². The number of ether oxygens (including phenoxy) is 1. The van der Waals surface area contributed by atoms with Gasteiger partial charge in [0.2, 0.25) is 0 Å². The smallest absolute Gasteiger partial charge is 0.339 e. The van der Waals surface area contributed by atoms with Gasteiger partial charge in [-0.1, -0.05) is 48.5 Å². The SMILES string of the molecule is Cc1ccccc1C(=O)O[C@H]1C=Cc2ccccc2[C@@H]1O. The molecule has 106 valence electrons. The van der Waals surface area contributed by atoms with Crippen molar-refractivity contribution in [1.29, 1.82) is 0 Å². The van der Waals surface area contributed by atoms with Crippen LogP contribution in [0.15, 0.2) is 54.6 Å². The predicted octanol–water partition coefficient (Wildman–Crippen LogP) is 3.28. The molecule has 0 saturated heterocycles. The van der Waals surface area contributed by atoms with Crippen LogP contribution in [0, 0.1) is 6.92 Å². The average Bonchev–Trinajstić information content (AvgIpc) is 2.51. The van der Waals surface area contributed by atoms with E-state index in [1.54, 1.807) is 18.2 Å². The maximum atomic E-state index is 12.2. The monoisotopic (exact) mass is 280 g/mol. The van der Waals surface area contributed by atoms with E-state index in [4.69, 9.17) is 4.74 Å². The minimum atomic E-state index is -0.834. The van der Waals surface area contributed by atoms with Crippen molar-refractivity contribution < 1.29 is 14.6 Å². The maximum absolute atomic E-state index is 12.2. The number of hydrogen-bond donors (Lipinski definition) is 1. The largest absolute Gasteiger partial charge is 0.451 e. The Morgan fingerprint density at radius 1 is 1.10 bits per heavy atom. The lowest BCUT2D eigenvalue weighted by Gasteiger charge is -2.25. The maximum Gasteiger partial charge on any atom is 0.339 e. The normalized spacial score (nSPS) is 19.9. The second kappa shape index (κ2) is 5.54. The van der Waals surface area contributed by atoms with Crippen molar-refractivity contribution in [3.05, 3.63) is 76.9 Å². The van der Waals surface area contributed by atoms with Crippen molar-refractivity contribution in [1.82, 2.24) is 0 Å². The molecule has 3 rings (SSSR count). The van der Waals surface area contributed by atoms with E-state index < -0.39 is 18.2 Å². The van der Waals surface area contributed by atoms with Gasteiger partial charge in [0.25, 0.3) is 0 Å². The van der Waals surface area contributed by atoms with Crippen molar-refractivity contribution in [2.75, 3.05) is 0 Å². The fraction of sp³-hybridized carbons (Fsp3) is 0.167. The zero-order chi connectivity index (χ0) is 14.8. The Labute approximate surface area is 123 Å². The van der Waals surface area contributed by atoms with Gasteiger partial charge in [-0.2, -0.15) is 0 Å². The predicted molar refractivity (Wildman–Crippen MR) is 80.8 cm³/mol. The first-order valence-corrected chi connectivity index (χ1v) is 6.88. The summed E-state index contributed by atoms with van der Waals surface area (Å²) in [5.74, 6) is -0.416. The quantitative estimate of drug-likeness (QED) is 0.859. The number of aliphatic hydroxyl groups is 1. The first-order chi connectivity index (χ1) is 10.2. The molecule has 3 heteroatoms. The Morgan fingerprint density at radius 2 is 1.81 bits per heavy atom. The van der Waals surface area contributed by atoms with Crippen LogP contribution in [-0.4, -0.2) is 17.2 Å². The van der Waals surface area contributed by atoms with Gasteiger partial charge in [-0.15, -0.1) is 0 Å². The number of rotatable bonds is 2. The van der Waals surface area contributed by atoms with Crippen molar-refractivity contribution in [2.24, 2.45) is 0 Å². The first-order valence-electron chi connectivity index (χ1n) is 6.88. The first kappa shape index (κ1) is 13.6. The number of benzene rings is 2. The second-order valence-corrected chi connectivity index (χ2v) is 5.12. The number of carbonyl (C=O) groups is 1. The lowest BCUT2D eigenvalue weighted by atomic mass is 9.93. The highest BCUT2D eigenvalue weighted by Gasteiger charge is 2.27. The molecule has 3 nitrogen and oxygen atoms in total. The molecule has 1 aliphatic carbocycles. The number of esters is 1. The molecular formula is C18H16O3. The van der Waals surface area contributed by atoms with E-state index in [9.17, 15) is 9.90 Å². The van der Waals surface area contributed by atoms with Crippen molar-refractivity contribution in [2.45, 2.75) is 19.1 Å². The molecule has 0 aliphatic heterocycles. The Balaban J connectivity index is 1.81. The molecule has 2 atom stereocenters. The molecule has 0 saturated carbocycles. The zero-order valence-electron chi connectivity index (χ0n) is 11.7. The van der Waals surface area contributed by atoms with Crippen molar-refractivity contribution in [3.63, 3.8) is 0 Å². The van der Waals surface area contributed by atoms with E-state index in [2.05, 4.69) is 0 Å². The fourth-order valence-corrected chi connectivity index (χ4v) is 2.51. The minimum absolute atomic E-state index is 0.416. The summed E-state index contributed by atoms with van der Waals surface area (Å²) in [5.41, 5.74) is 3.12. The van der Waals surface area contributed by atoms with Crippen LogP contribution in [0.5, 0.6) is 0 Å². The van der Waals surface area contributed by atoms with Crippen LogP contribution in [0.25, 0.3) is 6.08 Å². The van der Waals surface area contributed by atoms with E-state index in [1.165, 1.54) is 0 Å². The zero-order valence-corrected chi connectivity index (χ0v) is 11.7. The summed E-state index contributed by atoms with van der Waals surface area (Å²) >= 11 is 0. The number of aryl methyl sites for hydroxylation is 1. The van der Waals surface area contributed by atoms with E-state index in [0.717, 1.165) is 16.7 Å². The van der Waals surface area contributed by atoms with Gasteiger partial charge in [0.1, 0.15) is 6.10 Å². The lowest BCUT2D eigenvalue weighted by molar-refractivity contribution is -0.00122. The summed E-state index contributed by atoms with van der Waals surface area (Å²) in [4.78, 5) is 12.2. The Hall–Kier alpha value is -2.39. The number of fused-ring (bicyclic) bond motifs is 1. The van der Waals surface area contributed by atoms with Crippen LogP contribution >= 0.6 is 0 Å². The van der Waals surface area contributed by atoms with Gasteiger partial charge < -0.3 is 9.84 Å². The fourth-order valence-electron chi connectivity index (χ4n) is 2.51. The Kier molecular flexibility index (Phi) is 3.59. The van der Waals surface area contributed by atoms with E-state index >= 15 is 0 Å². The molecule has 21 heavy (non-hydrogen) atoms. The molecule has 1 aliphatic rings. The molecule has 0 spiro atoms. The molecule has 0 fully saturated rings. The third kappa shape index (κ3) is 2.60. The van der Waals surface area contributed by atoms with E-state index in [1.807, 2.05) is 49.4 Å². The van der Waals surface area contributed by atoms with E-state index in [0.29, 0.717) is 5.56 Å². The van der Waals surface area contributed by atoms with Gasteiger partial charge in [-0.3, -0.25) is 0 Å². The molecule has 0 unspecified atom stereocenters. The van der Waals surface area contributed by atoms with Gasteiger partial charge in [0.05, 0.1) is 5.56 Å². The van der Waals surface area contributed by atoms with Crippen molar-refractivity contribution >= 4 is 12.0 Å². The molecule has 0 amide bonds. The second-order valence-electron chi connectivity index (χ2n) is 5.12. The van der Waals surface area contributed by atoms with Gasteiger partial charge in [-0.25, -0.2) is 4.79 Å². The third-order valence-electron chi connectivity index (χ3n) is 3.70. The lowest BCUT2D eigenvalue weighted by Crippen LogP contribution is -2.26. The molecule has 0 bridgehead atoms. The Bertz CT molecular complexity index is 703. The van der Waals surface area contributed by atoms with Gasteiger partial charge in [-0.05, 0) is 35.8 Å². The van der Waals surface area contributed by atoms with Gasteiger partial charge in [0, 0.05) is 0 Å². The summed E-state index contributed by atoms with van der Waals surface area (Å²) in [6, 6.07) is 14.8. The molecule has 0 aromatic heterocycles. The topological polar surface area (TPSA) is 46.5 Å². The van der Waals surface area contributed by atoms with Crippen LogP contribution in [-0.2, 0) is 4.74 Å². The highest BCUT2D eigenvalue weighted by molar-refractivity contribution is 5.91. The molecule has 1 N–H and O–H groups in total. The summed E-state index contributed by atoms with van der Waals surface area (Å²) in [6.45, 7) is 1.86. The third-order valence-corrected chi connectivity index (χ3v) is 3.70. The number of aliphatic hydroxyl groups excluding tert-OH is 1. The van der Waals surface area contributed by atoms with E-state index in [-0.39, 0.29) is 0 Å². The standard InChI is InChI=1S/C18H16O3/c1-12-6-2-4-8-14(12)18(20)21-16-11-10-13-7-3-5-9-15(13)17(16)19/h2-11,16-17,19H,1H3/t16-,17-/m0/s1. The van der Waals surface area contributed by atoms with Crippen LogP contribution in [0.1, 0.15) is 33.2 Å². The molecular weight excluding hydrogens is 264 g/mol. The van der Waals surface area contributed by atoms with Crippen molar-refractivity contribution in [3.8, 4) is 0 Å². The summed E-state index contributed by atoms with van der Waals surface area (Å²) in [6.07, 6.45) is 2.10. The van der Waals surface area contributed by atoms with Crippen LogP contribution < -0.4 is 0 Å². The average molecular weight is 280 g/mol. The number of hydrogen-bond acceptors (Lipinski definition) is 3. The minimum Gasteiger partial charge on any atom is -0.451 e. The molecule has 2 aromatic carbocycles. The van der Waals surface area contributed by atoms with Gasteiger partial charge in [0.15, 0.2) is 6.10 Å². The summed E-state index contributed by atoms with van der Waals surface area (Å²) in [7, 11) is 0. The Morgan fingerprint density at radius 3 is 2.62 bits per heavy atom. The van der Waals surface area contributed by atoms with Crippen LogP contribution in [0.3, 0.4) is 0 Å². The molecule has 0 radical (unpaired) electrons. The summed E-state index contributed by atoms with van der Waals surface area (Å²) in [5, 5.41) is 10.4. The number of carbonyl (C=O) groups excluding carboxylic acids is 1. The highest BCUT2D eigenvalue weighted by atomic mass is 16.6. The molecule has 0 heterocycles. The highest BCUT2D eigenvalue weighted by Crippen LogP contribution is 2.30.